The second kappa shape index (κ2) is 6.71. The third kappa shape index (κ3) is 3.48. The quantitative estimate of drug-likeness (QED) is 0.623. The highest BCUT2D eigenvalue weighted by Crippen LogP contribution is 2.25. The molecule has 1 heterocycles. The van der Waals surface area contributed by atoms with Gasteiger partial charge in [-0.1, -0.05) is 30.3 Å². The van der Waals surface area contributed by atoms with Crippen molar-refractivity contribution in [2.24, 2.45) is 0 Å². The Morgan fingerprint density at radius 1 is 1.25 bits per heavy atom. The summed E-state index contributed by atoms with van der Waals surface area (Å²) in [7, 11) is 1.44. The van der Waals surface area contributed by atoms with Gasteiger partial charge >= 0.3 is 5.97 Å². The molecule has 20 heavy (non-hydrogen) atoms. The number of hydrogen-bond acceptors (Lipinski definition) is 3. The summed E-state index contributed by atoms with van der Waals surface area (Å²) in [6, 6.07) is 11.0. The fraction of sp³-hybridized carbons (Fsp3) is 0.471. The molecule has 0 amide bonds. The summed E-state index contributed by atoms with van der Waals surface area (Å²) < 4.78 is 4.93. The summed E-state index contributed by atoms with van der Waals surface area (Å²) in [5.74, 6) is -0.236. The normalized spacial score (nSPS) is 23.9. The molecule has 3 heteroatoms. The Labute approximate surface area is 121 Å². The number of ether oxygens (including phenoxy) is 1. The maximum atomic E-state index is 12.0. The minimum absolute atomic E-state index is 0.236. The molecule has 0 aromatic heterocycles. The lowest BCUT2D eigenvalue weighted by atomic mass is 10.1. The molecule has 1 aromatic rings. The van der Waals surface area contributed by atoms with Crippen molar-refractivity contribution >= 4 is 12.0 Å². The van der Waals surface area contributed by atoms with Gasteiger partial charge in [-0.05, 0) is 38.3 Å². The standard InChI is InChI=1S/C17H23NO2/c1-13-9-10-14(2)18(13)12-16(17(19)20-3)11-15-7-5-4-6-8-15/h4-8,11,13-14H,9-10,12H2,1-3H3/b16-11-. The maximum Gasteiger partial charge on any atom is 0.335 e. The number of benzene rings is 1. The summed E-state index contributed by atoms with van der Waals surface area (Å²) in [5.41, 5.74) is 1.76. The van der Waals surface area contributed by atoms with Crippen LogP contribution in [0.2, 0.25) is 0 Å². The van der Waals surface area contributed by atoms with Gasteiger partial charge in [0.25, 0.3) is 0 Å². The van der Waals surface area contributed by atoms with Gasteiger partial charge in [-0.25, -0.2) is 4.79 Å². The lowest BCUT2D eigenvalue weighted by molar-refractivity contribution is -0.136. The molecule has 1 aliphatic rings. The summed E-state index contributed by atoms with van der Waals surface area (Å²) in [6.07, 6.45) is 4.32. The van der Waals surface area contributed by atoms with Crippen molar-refractivity contribution in [1.82, 2.24) is 4.90 Å². The third-order valence-electron chi connectivity index (χ3n) is 4.08. The van der Waals surface area contributed by atoms with Gasteiger partial charge < -0.3 is 4.74 Å². The average molecular weight is 273 g/mol. The first-order valence-corrected chi connectivity index (χ1v) is 7.21. The van der Waals surface area contributed by atoms with Gasteiger partial charge in [0.1, 0.15) is 0 Å². The molecule has 1 aliphatic heterocycles. The van der Waals surface area contributed by atoms with Crippen molar-refractivity contribution < 1.29 is 9.53 Å². The predicted molar refractivity (Wildman–Crippen MR) is 81.3 cm³/mol. The van der Waals surface area contributed by atoms with Crippen molar-refractivity contribution in [2.45, 2.75) is 38.8 Å². The molecule has 1 fully saturated rings. The van der Waals surface area contributed by atoms with Crippen LogP contribution in [0.4, 0.5) is 0 Å². The zero-order valence-electron chi connectivity index (χ0n) is 12.5. The van der Waals surface area contributed by atoms with Crippen LogP contribution in [0.25, 0.3) is 6.08 Å². The highest BCUT2D eigenvalue weighted by Gasteiger charge is 2.29. The van der Waals surface area contributed by atoms with Crippen LogP contribution >= 0.6 is 0 Å². The summed E-state index contributed by atoms with van der Waals surface area (Å²) in [5, 5.41) is 0. The second-order valence-electron chi connectivity index (χ2n) is 5.52. The third-order valence-corrected chi connectivity index (χ3v) is 4.08. The molecular formula is C17H23NO2. The Morgan fingerprint density at radius 3 is 2.40 bits per heavy atom. The van der Waals surface area contributed by atoms with Gasteiger partial charge in [0.2, 0.25) is 0 Å². The molecule has 1 saturated heterocycles. The first kappa shape index (κ1) is 14.8. The van der Waals surface area contributed by atoms with Crippen LogP contribution in [0.1, 0.15) is 32.3 Å². The number of carbonyl (C=O) groups is 1. The molecule has 3 nitrogen and oxygen atoms in total. The molecule has 108 valence electrons. The Morgan fingerprint density at radius 2 is 1.85 bits per heavy atom. The van der Waals surface area contributed by atoms with Crippen molar-refractivity contribution in [3.05, 3.63) is 41.5 Å². The minimum atomic E-state index is -0.236. The minimum Gasteiger partial charge on any atom is -0.466 e. The Bertz CT molecular complexity index is 471. The molecule has 0 radical (unpaired) electrons. The number of rotatable bonds is 4. The first-order chi connectivity index (χ1) is 9.61. The van der Waals surface area contributed by atoms with E-state index < -0.39 is 0 Å². The molecule has 0 aliphatic carbocycles. The van der Waals surface area contributed by atoms with Crippen LogP contribution in [-0.2, 0) is 9.53 Å². The summed E-state index contributed by atoms with van der Waals surface area (Å²) in [4.78, 5) is 14.4. The molecule has 0 N–H and O–H groups in total. The number of methoxy groups -OCH3 is 1. The van der Waals surface area contributed by atoms with Crippen LogP contribution in [0.3, 0.4) is 0 Å². The zero-order chi connectivity index (χ0) is 14.5. The smallest absolute Gasteiger partial charge is 0.335 e. The van der Waals surface area contributed by atoms with Crippen molar-refractivity contribution in [2.75, 3.05) is 13.7 Å². The largest absolute Gasteiger partial charge is 0.466 e. The highest BCUT2D eigenvalue weighted by molar-refractivity contribution is 5.94. The van der Waals surface area contributed by atoms with Gasteiger partial charge in [-0.15, -0.1) is 0 Å². The predicted octanol–water partition coefficient (Wildman–Crippen LogP) is 3.12. The van der Waals surface area contributed by atoms with E-state index in [1.165, 1.54) is 20.0 Å². The van der Waals surface area contributed by atoms with E-state index in [1.807, 2.05) is 36.4 Å². The van der Waals surface area contributed by atoms with Crippen LogP contribution in [0.5, 0.6) is 0 Å². The van der Waals surface area contributed by atoms with E-state index in [0.717, 1.165) is 11.1 Å². The topological polar surface area (TPSA) is 29.5 Å². The van der Waals surface area contributed by atoms with Gasteiger partial charge in [0, 0.05) is 18.6 Å². The molecule has 0 saturated carbocycles. The molecule has 2 unspecified atom stereocenters. The van der Waals surface area contributed by atoms with Crippen molar-refractivity contribution in [3.8, 4) is 0 Å². The monoisotopic (exact) mass is 273 g/mol. The number of esters is 1. The van der Waals surface area contributed by atoms with Gasteiger partial charge in [-0.2, -0.15) is 0 Å². The highest BCUT2D eigenvalue weighted by atomic mass is 16.5. The zero-order valence-corrected chi connectivity index (χ0v) is 12.5. The van der Waals surface area contributed by atoms with Crippen LogP contribution < -0.4 is 0 Å². The van der Waals surface area contributed by atoms with Gasteiger partial charge in [0.15, 0.2) is 0 Å². The number of likely N-dealkylation sites (tertiary alicyclic amines) is 1. The number of nitrogens with zero attached hydrogens (tertiary/aromatic N) is 1. The van der Waals surface area contributed by atoms with Gasteiger partial charge in [0.05, 0.1) is 12.7 Å². The van der Waals surface area contributed by atoms with E-state index in [1.54, 1.807) is 0 Å². The Balaban J connectivity index is 2.20. The molecular weight excluding hydrogens is 250 g/mol. The van der Waals surface area contributed by atoms with E-state index in [2.05, 4.69) is 18.7 Å². The summed E-state index contributed by atoms with van der Waals surface area (Å²) >= 11 is 0. The average Bonchev–Trinajstić information content (AvgIpc) is 2.78. The molecule has 2 rings (SSSR count). The lowest BCUT2D eigenvalue weighted by Crippen LogP contribution is -2.35. The van der Waals surface area contributed by atoms with Crippen LogP contribution in [0, 0.1) is 0 Å². The van der Waals surface area contributed by atoms with E-state index in [-0.39, 0.29) is 5.97 Å². The lowest BCUT2D eigenvalue weighted by Gasteiger charge is -2.26. The maximum absolute atomic E-state index is 12.0. The Hall–Kier alpha value is -1.61. The fourth-order valence-electron chi connectivity index (χ4n) is 2.81. The molecule has 0 bridgehead atoms. The van der Waals surface area contributed by atoms with Crippen LogP contribution in [-0.4, -0.2) is 36.6 Å². The van der Waals surface area contributed by atoms with E-state index >= 15 is 0 Å². The van der Waals surface area contributed by atoms with E-state index in [9.17, 15) is 4.79 Å². The molecule has 2 atom stereocenters. The van der Waals surface area contributed by atoms with E-state index in [4.69, 9.17) is 4.74 Å². The number of carbonyl (C=O) groups excluding carboxylic acids is 1. The van der Waals surface area contributed by atoms with E-state index in [0.29, 0.717) is 18.6 Å². The van der Waals surface area contributed by atoms with Gasteiger partial charge in [-0.3, -0.25) is 4.90 Å². The fourth-order valence-corrected chi connectivity index (χ4v) is 2.81. The summed E-state index contributed by atoms with van der Waals surface area (Å²) in [6.45, 7) is 5.10. The number of hydrogen-bond donors (Lipinski definition) is 0. The Kier molecular flexibility index (Phi) is 4.96. The SMILES string of the molecule is COC(=O)/C(=C\c1ccccc1)CN1C(C)CCC1C. The van der Waals surface area contributed by atoms with Crippen molar-refractivity contribution in [3.63, 3.8) is 0 Å². The molecule has 0 spiro atoms. The first-order valence-electron chi connectivity index (χ1n) is 7.21. The molecule has 1 aromatic carbocycles. The van der Waals surface area contributed by atoms with Crippen molar-refractivity contribution in [1.29, 1.82) is 0 Å². The second-order valence-corrected chi connectivity index (χ2v) is 5.52. The van der Waals surface area contributed by atoms with Crippen LogP contribution in [0.15, 0.2) is 35.9 Å².